The van der Waals surface area contributed by atoms with E-state index in [9.17, 15) is 0 Å². The van der Waals surface area contributed by atoms with Gasteiger partial charge in [0.15, 0.2) is 0 Å². The fourth-order valence-corrected chi connectivity index (χ4v) is 2.44. The summed E-state index contributed by atoms with van der Waals surface area (Å²) in [6, 6.07) is 16.1. The smallest absolute Gasteiger partial charge is 0.122 e. The highest BCUT2D eigenvalue weighted by molar-refractivity contribution is 6.30. The highest BCUT2D eigenvalue weighted by Crippen LogP contribution is 2.25. The van der Waals surface area contributed by atoms with Crippen molar-refractivity contribution >= 4 is 11.6 Å². The quantitative estimate of drug-likeness (QED) is 0.698. The lowest BCUT2D eigenvalue weighted by molar-refractivity contribution is 0.306. The normalized spacial score (nSPS) is 10.6. The summed E-state index contributed by atoms with van der Waals surface area (Å²) in [5.74, 6) is 0.909. The summed E-state index contributed by atoms with van der Waals surface area (Å²) in [6.45, 7) is 3.11. The number of nitrogens with two attached hydrogens (primary N) is 1. The molecule has 0 aliphatic rings. The third kappa shape index (κ3) is 5.68. The van der Waals surface area contributed by atoms with E-state index in [2.05, 4.69) is 17.4 Å². The predicted octanol–water partition coefficient (Wildman–Crippen LogP) is 3.25. The molecule has 0 aliphatic carbocycles. The third-order valence-electron chi connectivity index (χ3n) is 3.34. The largest absolute Gasteiger partial charge is 0.493 e. The Balaban J connectivity index is 1.93. The molecule has 3 N–H and O–H groups in total. The summed E-state index contributed by atoms with van der Waals surface area (Å²) in [7, 11) is 0. The van der Waals surface area contributed by atoms with Crippen LogP contribution in [0.2, 0.25) is 5.02 Å². The Morgan fingerprint density at radius 2 is 1.86 bits per heavy atom. The van der Waals surface area contributed by atoms with E-state index in [1.807, 2.05) is 36.4 Å². The topological polar surface area (TPSA) is 47.3 Å². The van der Waals surface area contributed by atoms with E-state index < -0.39 is 0 Å². The average molecular weight is 319 g/mol. The molecule has 0 spiro atoms. The minimum atomic E-state index is 0.666. The van der Waals surface area contributed by atoms with Crippen molar-refractivity contribution in [2.45, 2.75) is 12.8 Å². The molecule has 22 heavy (non-hydrogen) atoms. The standard InChI is InChI=1S/C18H23ClN2O/c19-17-7-8-18(22-12-4-10-21-11-9-20)16(14-17)13-15-5-2-1-3-6-15/h1-3,5-8,14,21H,4,9-13,20H2. The van der Waals surface area contributed by atoms with Crippen LogP contribution in [-0.2, 0) is 6.42 Å². The second kappa shape index (κ2) is 9.46. The fraction of sp³-hybridized carbons (Fsp3) is 0.333. The lowest BCUT2D eigenvalue weighted by Crippen LogP contribution is -2.24. The van der Waals surface area contributed by atoms with Gasteiger partial charge in [-0.1, -0.05) is 41.9 Å². The van der Waals surface area contributed by atoms with Crippen LogP contribution in [-0.4, -0.2) is 26.2 Å². The number of hydrogen-bond donors (Lipinski definition) is 2. The molecule has 0 heterocycles. The molecule has 3 nitrogen and oxygen atoms in total. The summed E-state index contributed by atoms with van der Waals surface area (Å²) in [5.41, 5.74) is 7.80. The van der Waals surface area contributed by atoms with Crippen molar-refractivity contribution in [3.8, 4) is 5.75 Å². The lowest BCUT2D eigenvalue weighted by atomic mass is 10.0. The lowest BCUT2D eigenvalue weighted by Gasteiger charge is -2.12. The number of nitrogens with one attached hydrogen (secondary N) is 1. The molecular formula is C18H23ClN2O. The van der Waals surface area contributed by atoms with Gasteiger partial charge in [0, 0.05) is 24.5 Å². The minimum Gasteiger partial charge on any atom is -0.493 e. The number of hydrogen-bond acceptors (Lipinski definition) is 3. The van der Waals surface area contributed by atoms with Crippen LogP contribution in [0.1, 0.15) is 17.5 Å². The molecule has 2 aromatic carbocycles. The van der Waals surface area contributed by atoms with Crippen molar-refractivity contribution in [3.05, 3.63) is 64.7 Å². The van der Waals surface area contributed by atoms with Crippen molar-refractivity contribution in [2.24, 2.45) is 5.73 Å². The second-order valence-corrected chi connectivity index (χ2v) is 5.59. The molecule has 2 aromatic rings. The highest BCUT2D eigenvalue weighted by Gasteiger charge is 2.06. The van der Waals surface area contributed by atoms with Gasteiger partial charge in [-0.2, -0.15) is 0 Å². The van der Waals surface area contributed by atoms with Gasteiger partial charge in [0.25, 0.3) is 0 Å². The van der Waals surface area contributed by atoms with Gasteiger partial charge in [-0.15, -0.1) is 0 Å². The molecule has 0 unspecified atom stereocenters. The minimum absolute atomic E-state index is 0.666. The zero-order valence-electron chi connectivity index (χ0n) is 12.7. The van der Waals surface area contributed by atoms with Gasteiger partial charge in [-0.05, 0) is 42.3 Å². The average Bonchev–Trinajstić information content (AvgIpc) is 2.53. The number of halogens is 1. The fourth-order valence-electron chi connectivity index (χ4n) is 2.25. The van der Waals surface area contributed by atoms with Gasteiger partial charge in [0.1, 0.15) is 5.75 Å². The summed E-state index contributed by atoms with van der Waals surface area (Å²) in [5, 5.41) is 4.00. The number of rotatable bonds is 9. The number of ether oxygens (including phenoxy) is 1. The Hall–Kier alpha value is -1.55. The van der Waals surface area contributed by atoms with Crippen LogP contribution in [0.15, 0.2) is 48.5 Å². The first-order valence-electron chi connectivity index (χ1n) is 7.65. The molecule has 0 atom stereocenters. The van der Waals surface area contributed by atoms with E-state index in [4.69, 9.17) is 22.1 Å². The van der Waals surface area contributed by atoms with Gasteiger partial charge in [-0.3, -0.25) is 0 Å². The van der Waals surface area contributed by atoms with E-state index in [1.54, 1.807) is 0 Å². The number of benzene rings is 2. The van der Waals surface area contributed by atoms with Gasteiger partial charge in [0.2, 0.25) is 0 Å². The second-order valence-electron chi connectivity index (χ2n) is 5.16. The van der Waals surface area contributed by atoms with E-state index in [0.717, 1.165) is 42.3 Å². The van der Waals surface area contributed by atoms with Crippen molar-refractivity contribution < 1.29 is 4.74 Å². The Morgan fingerprint density at radius 3 is 2.64 bits per heavy atom. The van der Waals surface area contributed by atoms with Crippen LogP contribution in [0.4, 0.5) is 0 Å². The maximum Gasteiger partial charge on any atom is 0.122 e. The zero-order valence-corrected chi connectivity index (χ0v) is 13.5. The molecule has 0 aromatic heterocycles. The Labute approximate surface area is 137 Å². The third-order valence-corrected chi connectivity index (χ3v) is 3.57. The molecule has 0 saturated heterocycles. The molecule has 0 fully saturated rings. The maximum absolute atomic E-state index is 6.12. The van der Waals surface area contributed by atoms with Crippen molar-refractivity contribution in [2.75, 3.05) is 26.2 Å². The first-order valence-corrected chi connectivity index (χ1v) is 8.03. The van der Waals surface area contributed by atoms with Crippen molar-refractivity contribution in [1.29, 1.82) is 0 Å². The molecule has 2 rings (SSSR count). The Morgan fingerprint density at radius 1 is 1.05 bits per heavy atom. The summed E-state index contributed by atoms with van der Waals surface area (Å²) in [6.07, 6.45) is 1.77. The summed E-state index contributed by atoms with van der Waals surface area (Å²) in [4.78, 5) is 0. The molecular weight excluding hydrogens is 296 g/mol. The van der Waals surface area contributed by atoms with E-state index in [-0.39, 0.29) is 0 Å². The Kier molecular flexibility index (Phi) is 7.23. The van der Waals surface area contributed by atoms with Crippen molar-refractivity contribution in [3.63, 3.8) is 0 Å². The molecule has 118 valence electrons. The van der Waals surface area contributed by atoms with Crippen LogP contribution >= 0.6 is 11.6 Å². The van der Waals surface area contributed by atoms with E-state index in [0.29, 0.717) is 13.2 Å². The summed E-state index contributed by atoms with van der Waals surface area (Å²) < 4.78 is 5.91. The highest BCUT2D eigenvalue weighted by atomic mass is 35.5. The van der Waals surface area contributed by atoms with Gasteiger partial charge < -0.3 is 15.8 Å². The summed E-state index contributed by atoms with van der Waals surface area (Å²) >= 11 is 6.12. The molecule has 0 radical (unpaired) electrons. The molecule has 0 saturated carbocycles. The van der Waals surface area contributed by atoms with Crippen LogP contribution < -0.4 is 15.8 Å². The monoisotopic (exact) mass is 318 g/mol. The van der Waals surface area contributed by atoms with Gasteiger partial charge in [0.05, 0.1) is 6.61 Å². The molecule has 4 heteroatoms. The van der Waals surface area contributed by atoms with E-state index >= 15 is 0 Å². The van der Waals surface area contributed by atoms with Crippen LogP contribution in [0.5, 0.6) is 5.75 Å². The predicted molar refractivity (Wildman–Crippen MR) is 92.7 cm³/mol. The van der Waals surface area contributed by atoms with Crippen LogP contribution in [0, 0.1) is 0 Å². The zero-order chi connectivity index (χ0) is 15.6. The first kappa shape index (κ1) is 16.8. The van der Waals surface area contributed by atoms with Crippen LogP contribution in [0.25, 0.3) is 0 Å². The maximum atomic E-state index is 6.12. The van der Waals surface area contributed by atoms with Gasteiger partial charge in [-0.25, -0.2) is 0 Å². The van der Waals surface area contributed by atoms with E-state index in [1.165, 1.54) is 5.56 Å². The molecule has 0 amide bonds. The first-order chi connectivity index (χ1) is 10.8. The SMILES string of the molecule is NCCNCCCOc1ccc(Cl)cc1Cc1ccccc1. The van der Waals surface area contributed by atoms with Crippen molar-refractivity contribution in [1.82, 2.24) is 5.32 Å². The molecule has 0 aliphatic heterocycles. The molecule has 0 bridgehead atoms. The van der Waals surface area contributed by atoms with Gasteiger partial charge >= 0.3 is 0 Å². The van der Waals surface area contributed by atoms with Crippen LogP contribution in [0.3, 0.4) is 0 Å². The Bertz CT molecular complexity index is 560.